The Morgan fingerprint density at radius 3 is 2.61 bits per heavy atom. The molecule has 0 saturated carbocycles. The topological polar surface area (TPSA) is 42.0 Å². The van der Waals surface area contributed by atoms with Crippen LogP contribution in [0.1, 0.15) is 12.0 Å². The van der Waals surface area contributed by atoms with Crippen molar-refractivity contribution in [3.05, 3.63) is 60.0 Å². The van der Waals surface area contributed by atoms with Crippen molar-refractivity contribution < 1.29 is 9.18 Å². The van der Waals surface area contributed by atoms with Gasteiger partial charge in [-0.25, -0.2) is 9.37 Å². The molecule has 0 aliphatic rings. The van der Waals surface area contributed by atoms with Gasteiger partial charge in [-0.2, -0.15) is 0 Å². The monoisotopic (exact) mass is 244 g/mol. The fourth-order valence-electron chi connectivity index (χ4n) is 1.56. The van der Waals surface area contributed by atoms with Crippen LogP contribution in [-0.2, 0) is 11.2 Å². The van der Waals surface area contributed by atoms with E-state index in [9.17, 15) is 9.18 Å². The van der Waals surface area contributed by atoms with Crippen LogP contribution in [0.5, 0.6) is 0 Å². The van der Waals surface area contributed by atoms with Crippen molar-refractivity contribution in [3.8, 4) is 0 Å². The molecular formula is C14H13FN2O. The summed E-state index contributed by atoms with van der Waals surface area (Å²) in [5.74, 6) is -0.176. The number of amides is 1. The summed E-state index contributed by atoms with van der Waals surface area (Å²) in [4.78, 5) is 15.4. The van der Waals surface area contributed by atoms with Crippen molar-refractivity contribution in [2.45, 2.75) is 12.8 Å². The lowest BCUT2D eigenvalue weighted by Crippen LogP contribution is -2.13. The third kappa shape index (κ3) is 3.66. The van der Waals surface area contributed by atoms with Crippen LogP contribution in [-0.4, -0.2) is 10.9 Å². The molecule has 1 aromatic carbocycles. The Morgan fingerprint density at radius 1 is 1.17 bits per heavy atom. The number of pyridine rings is 1. The number of aromatic nitrogens is 1. The van der Waals surface area contributed by atoms with Gasteiger partial charge in [-0.3, -0.25) is 4.79 Å². The van der Waals surface area contributed by atoms with E-state index >= 15 is 0 Å². The van der Waals surface area contributed by atoms with Crippen LogP contribution in [0.3, 0.4) is 0 Å². The molecule has 1 amide bonds. The molecule has 4 heteroatoms. The summed E-state index contributed by atoms with van der Waals surface area (Å²) in [6.07, 6.45) is 2.13. The number of carbonyl (C=O) groups excluding carboxylic acids is 1. The summed E-state index contributed by atoms with van der Waals surface area (Å²) in [5, 5.41) is 2.62. The molecule has 0 unspecified atom stereocenters. The van der Waals surface area contributed by atoms with Crippen molar-refractivity contribution in [2.24, 2.45) is 0 Å². The van der Waals surface area contributed by atoms with E-state index in [1.54, 1.807) is 0 Å². The smallest absolute Gasteiger partial charge is 0.225 e. The van der Waals surface area contributed by atoms with E-state index in [4.69, 9.17) is 0 Å². The minimum Gasteiger partial charge on any atom is -0.311 e. The van der Waals surface area contributed by atoms with Crippen molar-refractivity contribution >= 4 is 11.7 Å². The fraction of sp³-hybridized carbons (Fsp3) is 0.143. The molecule has 92 valence electrons. The van der Waals surface area contributed by atoms with Crippen LogP contribution in [0.4, 0.5) is 10.2 Å². The zero-order valence-corrected chi connectivity index (χ0v) is 9.77. The first-order valence-electron chi connectivity index (χ1n) is 5.69. The lowest BCUT2D eigenvalue weighted by atomic mass is 10.1. The van der Waals surface area contributed by atoms with E-state index in [1.165, 1.54) is 12.1 Å². The second-order valence-electron chi connectivity index (χ2n) is 3.90. The van der Waals surface area contributed by atoms with Crippen LogP contribution in [0.25, 0.3) is 0 Å². The van der Waals surface area contributed by atoms with Crippen LogP contribution < -0.4 is 5.32 Å². The number of anilines is 1. The van der Waals surface area contributed by atoms with Gasteiger partial charge < -0.3 is 5.32 Å². The minimum absolute atomic E-state index is 0.127. The van der Waals surface area contributed by atoms with Crippen LogP contribution >= 0.6 is 0 Å². The van der Waals surface area contributed by atoms with Gasteiger partial charge in [0.2, 0.25) is 5.91 Å². The van der Waals surface area contributed by atoms with Gasteiger partial charge in [-0.15, -0.1) is 0 Å². The first kappa shape index (κ1) is 12.2. The third-order valence-electron chi connectivity index (χ3n) is 2.48. The molecule has 0 bridgehead atoms. The predicted molar refractivity (Wildman–Crippen MR) is 67.6 cm³/mol. The largest absolute Gasteiger partial charge is 0.311 e. The fourth-order valence-corrected chi connectivity index (χ4v) is 1.56. The van der Waals surface area contributed by atoms with Crippen LogP contribution in [0.2, 0.25) is 0 Å². The normalized spacial score (nSPS) is 10.1. The molecule has 0 saturated heterocycles. The number of hydrogen-bond acceptors (Lipinski definition) is 2. The molecule has 0 fully saturated rings. The van der Waals surface area contributed by atoms with E-state index in [-0.39, 0.29) is 5.91 Å². The SMILES string of the molecule is O=C(CCc1ccccc1)Nc1ccc(F)cn1. The first-order valence-corrected chi connectivity index (χ1v) is 5.69. The van der Waals surface area contributed by atoms with E-state index in [1.807, 2.05) is 30.3 Å². The number of aryl methyl sites for hydroxylation is 1. The molecule has 18 heavy (non-hydrogen) atoms. The number of nitrogens with one attached hydrogen (secondary N) is 1. The number of carbonyl (C=O) groups is 1. The Kier molecular flexibility index (Phi) is 4.02. The summed E-state index contributed by atoms with van der Waals surface area (Å²) >= 11 is 0. The quantitative estimate of drug-likeness (QED) is 0.898. The number of benzene rings is 1. The van der Waals surface area contributed by atoms with Gasteiger partial charge in [0.25, 0.3) is 0 Å². The van der Waals surface area contributed by atoms with E-state index in [0.29, 0.717) is 18.7 Å². The zero-order chi connectivity index (χ0) is 12.8. The maximum absolute atomic E-state index is 12.6. The van der Waals surface area contributed by atoms with E-state index in [0.717, 1.165) is 11.8 Å². The van der Waals surface area contributed by atoms with Crippen molar-refractivity contribution in [2.75, 3.05) is 5.32 Å². The molecular weight excluding hydrogens is 231 g/mol. The van der Waals surface area contributed by atoms with E-state index < -0.39 is 5.82 Å². The molecule has 3 nitrogen and oxygen atoms in total. The minimum atomic E-state index is -0.419. The molecule has 0 aliphatic heterocycles. The Morgan fingerprint density at radius 2 is 1.94 bits per heavy atom. The number of nitrogens with zero attached hydrogens (tertiary/aromatic N) is 1. The van der Waals surface area contributed by atoms with Gasteiger partial charge in [-0.05, 0) is 24.1 Å². The number of halogens is 1. The molecule has 0 radical (unpaired) electrons. The molecule has 0 spiro atoms. The Bertz CT molecular complexity index is 511. The van der Waals surface area contributed by atoms with Gasteiger partial charge >= 0.3 is 0 Å². The summed E-state index contributed by atoms with van der Waals surface area (Å²) in [7, 11) is 0. The second kappa shape index (κ2) is 5.91. The maximum Gasteiger partial charge on any atom is 0.225 e. The first-order chi connectivity index (χ1) is 8.74. The van der Waals surface area contributed by atoms with Crippen molar-refractivity contribution in [3.63, 3.8) is 0 Å². The van der Waals surface area contributed by atoms with Crippen LogP contribution in [0.15, 0.2) is 48.7 Å². The van der Waals surface area contributed by atoms with E-state index in [2.05, 4.69) is 10.3 Å². The highest BCUT2D eigenvalue weighted by Gasteiger charge is 2.03. The molecule has 2 aromatic rings. The Hall–Kier alpha value is -2.23. The van der Waals surface area contributed by atoms with Gasteiger partial charge in [0, 0.05) is 6.42 Å². The third-order valence-corrected chi connectivity index (χ3v) is 2.48. The Balaban J connectivity index is 1.84. The summed E-state index contributed by atoms with van der Waals surface area (Å²) in [6, 6.07) is 12.5. The van der Waals surface area contributed by atoms with Gasteiger partial charge in [0.15, 0.2) is 0 Å². The number of hydrogen-bond donors (Lipinski definition) is 1. The maximum atomic E-state index is 12.6. The van der Waals surface area contributed by atoms with Gasteiger partial charge in [0.05, 0.1) is 6.20 Å². The second-order valence-corrected chi connectivity index (χ2v) is 3.90. The van der Waals surface area contributed by atoms with Gasteiger partial charge in [-0.1, -0.05) is 30.3 Å². The Labute approximate surface area is 105 Å². The lowest BCUT2D eigenvalue weighted by Gasteiger charge is -2.04. The summed E-state index contributed by atoms with van der Waals surface area (Å²) in [5.41, 5.74) is 1.11. The van der Waals surface area contributed by atoms with Crippen molar-refractivity contribution in [1.29, 1.82) is 0 Å². The average Bonchev–Trinajstić information content (AvgIpc) is 2.40. The molecule has 2 rings (SSSR count). The average molecular weight is 244 g/mol. The summed E-state index contributed by atoms with van der Waals surface area (Å²) in [6.45, 7) is 0. The molecule has 1 aromatic heterocycles. The molecule has 0 aliphatic carbocycles. The molecule has 1 N–H and O–H groups in total. The van der Waals surface area contributed by atoms with Crippen molar-refractivity contribution in [1.82, 2.24) is 4.98 Å². The molecule has 1 heterocycles. The van der Waals surface area contributed by atoms with Crippen LogP contribution in [0, 0.1) is 5.82 Å². The predicted octanol–water partition coefficient (Wildman–Crippen LogP) is 2.79. The highest BCUT2D eigenvalue weighted by atomic mass is 19.1. The highest BCUT2D eigenvalue weighted by Crippen LogP contribution is 2.06. The summed E-state index contributed by atoms with van der Waals surface area (Å²) < 4.78 is 12.6. The molecule has 0 atom stereocenters. The highest BCUT2D eigenvalue weighted by molar-refractivity contribution is 5.89. The number of rotatable bonds is 4. The lowest BCUT2D eigenvalue weighted by molar-refractivity contribution is -0.116. The zero-order valence-electron chi connectivity index (χ0n) is 9.77. The van der Waals surface area contributed by atoms with Gasteiger partial charge in [0.1, 0.15) is 11.6 Å². The standard InChI is InChI=1S/C14H13FN2O/c15-12-7-8-13(16-10-12)17-14(18)9-6-11-4-2-1-3-5-11/h1-5,7-8,10H,6,9H2,(H,16,17,18).